The number of aromatic nitrogens is 3. The third-order valence-corrected chi connectivity index (χ3v) is 3.49. The van der Waals surface area contributed by atoms with E-state index in [0.29, 0.717) is 24.4 Å². The summed E-state index contributed by atoms with van der Waals surface area (Å²) in [6.07, 6.45) is 3.56. The highest BCUT2D eigenvalue weighted by atomic mass is 16.3. The van der Waals surface area contributed by atoms with Gasteiger partial charge in [0.2, 0.25) is 0 Å². The summed E-state index contributed by atoms with van der Waals surface area (Å²) >= 11 is 0. The fourth-order valence-corrected chi connectivity index (χ4v) is 2.37. The molecule has 0 atom stereocenters. The number of amides is 1. The number of H-pyrrole nitrogens is 1. The van der Waals surface area contributed by atoms with Crippen LogP contribution in [-0.2, 0) is 12.8 Å². The number of nitrogens with one attached hydrogen (secondary N) is 2. The van der Waals surface area contributed by atoms with E-state index in [1.807, 2.05) is 31.2 Å². The lowest BCUT2D eigenvalue weighted by molar-refractivity contribution is 0.0947. The molecule has 6 nitrogen and oxygen atoms in total. The topological polar surface area (TPSA) is 83.8 Å². The minimum Gasteiger partial charge on any atom is -0.448 e. The number of imidazole rings is 1. The van der Waals surface area contributed by atoms with Gasteiger partial charge >= 0.3 is 0 Å². The normalized spacial score (nSPS) is 11.0. The molecule has 1 aromatic carbocycles. The molecule has 3 aromatic rings. The summed E-state index contributed by atoms with van der Waals surface area (Å²) < 4.78 is 5.16. The molecule has 0 aliphatic rings. The predicted octanol–water partition coefficient (Wildman–Crippen LogP) is 2.48. The second kappa shape index (κ2) is 6.43. The van der Waals surface area contributed by atoms with Gasteiger partial charge in [-0.25, -0.2) is 9.97 Å². The molecule has 0 saturated carbocycles. The average Bonchev–Trinajstić information content (AvgIpc) is 3.16. The summed E-state index contributed by atoms with van der Waals surface area (Å²) in [6.45, 7) is 2.50. The zero-order valence-corrected chi connectivity index (χ0v) is 12.4. The maximum Gasteiger partial charge on any atom is 0.273 e. The van der Waals surface area contributed by atoms with E-state index in [1.165, 1.54) is 6.39 Å². The first-order valence-electron chi connectivity index (χ1n) is 7.42. The molecule has 0 saturated heterocycles. The van der Waals surface area contributed by atoms with Crippen molar-refractivity contribution in [3.8, 4) is 0 Å². The number of hydrogen-bond acceptors (Lipinski definition) is 4. The Hall–Kier alpha value is -2.63. The number of carbonyl (C=O) groups is 1. The van der Waals surface area contributed by atoms with Gasteiger partial charge in [-0.2, -0.15) is 0 Å². The first-order valence-corrected chi connectivity index (χ1v) is 7.42. The molecule has 0 unspecified atom stereocenters. The Bertz CT molecular complexity index is 742. The highest BCUT2D eigenvalue weighted by Crippen LogP contribution is 2.11. The van der Waals surface area contributed by atoms with Crippen LogP contribution in [0.3, 0.4) is 0 Å². The minimum absolute atomic E-state index is 0.185. The SMILES string of the molecule is CCc1ocnc1C(=O)NCCCc1nc2ccccc2[nH]1. The largest absolute Gasteiger partial charge is 0.448 e. The van der Waals surface area contributed by atoms with Crippen molar-refractivity contribution in [1.82, 2.24) is 20.3 Å². The van der Waals surface area contributed by atoms with Gasteiger partial charge < -0.3 is 14.7 Å². The van der Waals surface area contributed by atoms with Crippen molar-refractivity contribution in [2.24, 2.45) is 0 Å². The minimum atomic E-state index is -0.185. The second-order valence-electron chi connectivity index (χ2n) is 5.04. The van der Waals surface area contributed by atoms with Crippen LogP contribution in [0.5, 0.6) is 0 Å². The molecule has 0 aliphatic carbocycles. The zero-order valence-electron chi connectivity index (χ0n) is 12.4. The van der Waals surface area contributed by atoms with E-state index < -0.39 is 0 Å². The Morgan fingerprint density at radius 3 is 3.05 bits per heavy atom. The summed E-state index contributed by atoms with van der Waals surface area (Å²) in [6, 6.07) is 7.93. The van der Waals surface area contributed by atoms with Gasteiger partial charge in [0, 0.05) is 19.4 Å². The number of aromatic amines is 1. The molecule has 6 heteroatoms. The van der Waals surface area contributed by atoms with Crippen molar-refractivity contribution in [2.45, 2.75) is 26.2 Å². The number of benzene rings is 1. The van der Waals surface area contributed by atoms with E-state index in [1.54, 1.807) is 0 Å². The molecule has 0 bridgehead atoms. The Morgan fingerprint density at radius 2 is 2.23 bits per heavy atom. The Labute approximate surface area is 128 Å². The van der Waals surface area contributed by atoms with E-state index in [9.17, 15) is 4.79 Å². The van der Waals surface area contributed by atoms with Crippen LogP contribution in [0.4, 0.5) is 0 Å². The summed E-state index contributed by atoms with van der Waals surface area (Å²) in [4.78, 5) is 23.7. The smallest absolute Gasteiger partial charge is 0.273 e. The van der Waals surface area contributed by atoms with Crippen LogP contribution in [0.15, 0.2) is 35.1 Å². The highest BCUT2D eigenvalue weighted by Gasteiger charge is 2.14. The van der Waals surface area contributed by atoms with E-state index in [2.05, 4.69) is 20.3 Å². The number of aryl methyl sites for hydroxylation is 2. The van der Waals surface area contributed by atoms with E-state index >= 15 is 0 Å². The molecule has 3 rings (SSSR count). The molecule has 0 spiro atoms. The van der Waals surface area contributed by atoms with Gasteiger partial charge in [-0.15, -0.1) is 0 Å². The van der Waals surface area contributed by atoms with Crippen LogP contribution in [0, 0.1) is 0 Å². The zero-order chi connectivity index (χ0) is 15.4. The van der Waals surface area contributed by atoms with E-state index in [-0.39, 0.29) is 5.91 Å². The summed E-state index contributed by atoms with van der Waals surface area (Å²) in [5.41, 5.74) is 2.39. The van der Waals surface area contributed by atoms with Gasteiger partial charge in [0.1, 0.15) is 11.6 Å². The molecular weight excluding hydrogens is 280 g/mol. The number of oxazole rings is 1. The third kappa shape index (κ3) is 3.00. The monoisotopic (exact) mass is 298 g/mol. The van der Waals surface area contributed by atoms with Gasteiger partial charge in [-0.1, -0.05) is 19.1 Å². The van der Waals surface area contributed by atoms with Gasteiger partial charge in [0.25, 0.3) is 5.91 Å². The fraction of sp³-hybridized carbons (Fsp3) is 0.312. The number of fused-ring (bicyclic) bond motifs is 1. The van der Waals surface area contributed by atoms with Crippen LogP contribution in [-0.4, -0.2) is 27.4 Å². The molecular formula is C16H18N4O2. The standard InChI is InChI=1S/C16H18N4O2/c1-2-13-15(18-10-22-13)16(21)17-9-5-8-14-19-11-6-3-4-7-12(11)20-14/h3-4,6-7,10H,2,5,8-9H2,1H3,(H,17,21)(H,19,20). The van der Waals surface area contributed by atoms with Gasteiger partial charge in [-0.05, 0) is 18.6 Å². The second-order valence-corrected chi connectivity index (χ2v) is 5.04. The average molecular weight is 298 g/mol. The summed E-state index contributed by atoms with van der Waals surface area (Å²) in [5.74, 6) is 1.37. The van der Waals surface area contributed by atoms with Gasteiger partial charge in [0.05, 0.1) is 11.0 Å². The lowest BCUT2D eigenvalue weighted by atomic mass is 10.2. The summed E-state index contributed by atoms with van der Waals surface area (Å²) in [5, 5.41) is 2.86. The van der Waals surface area contributed by atoms with Crippen molar-refractivity contribution in [2.75, 3.05) is 6.54 Å². The van der Waals surface area contributed by atoms with Crippen LogP contribution in [0.1, 0.15) is 35.4 Å². The molecule has 2 heterocycles. The van der Waals surface area contributed by atoms with E-state index in [4.69, 9.17) is 4.42 Å². The molecule has 2 aromatic heterocycles. The van der Waals surface area contributed by atoms with Crippen molar-refractivity contribution < 1.29 is 9.21 Å². The molecule has 0 fully saturated rings. The Balaban J connectivity index is 1.50. The molecule has 2 N–H and O–H groups in total. The maximum absolute atomic E-state index is 12.0. The first-order chi connectivity index (χ1) is 10.8. The lowest BCUT2D eigenvalue weighted by Gasteiger charge is -2.03. The number of nitrogens with zero attached hydrogens (tertiary/aromatic N) is 2. The number of rotatable bonds is 6. The molecule has 0 radical (unpaired) electrons. The molecule has 1 amide bonds. The van der Waals surface area contributed by atoms with Crippen LogP contribution in [0.25, 0.3) is 11.0 Å². The van der Waals surface area contributed by atoms with E-state index in [0.717, 1.165) is 29.7 Å². The lowest BCUT2D eigenvalue weighted by Crippen LogP contribution is -2.26. The van der Waals surface area contributed by atoms with Gasteiger partial charge in [0.15, 0.2) is 12.1 Å². The quantitative estimate of drug-likeness (QED) is 0.685. The van der Waals surface area contributed by atoms with Crippen molar-refractivity contribution in [1.29, 1.82) is 0 Å². The summed E-state index contributed by atoms with van der Waals surface area (Å²) in [7, 11) is 0. The fourth-order valence-electron chi connectivity index (χ4n) is 2.37. The number of para-hydroxylation sites is 2. The van der Waals surface area contributed by atoms with Gasteiger partial charge in [-0.3, -0.25) is 4.79 Å². The Kier molecular flexibility index (Phi) is 4.18. The molecule has 22 heavy (non-hydrogen) atoms. The van der Waals surface area contributed by atoms with Crippen molar-refractivity contribution >= 4 is 16.9 Å². The Morgan fingerprint density at radius 1 is 1.36 bits per heavy atom. The van der Waals surface area contributed by atoms with Crippen LogP contribution < -0.4 is 5.32 Å². The molecule has 114 valence electrons. The first kappa shape index (κ1) is 14.3. The van der Waals surface area contributed by atoms with Crippen LogP contribution >= 0.6 is 0 Å². The third-order valence-electron chi connectivity index (χ3n) is 3.49. The van der Waals surface area contributed by atoms with Crippen LogP contribution in [0.2, 0.25) is 0 Å². The predicted molar refractivity (Wildman–Crippen MR) is 82.6 cm³/mol. The molecule has 0 aliphatic heterocycles. The number of carbonyl (C=O) groups excluding carboxylic acids is 1. The van der Waals surface area contributed by atoms with Crippen molar-refractivity contribution in [3.63, 3.8) is 0 Å². The van der Waals surface area contributed by atoms with Crippen molar-refractivity contribution in [3.05, 3.63) is 47.9 Å². The number of hydrogen-bond donors (Lipinski definition) is 2. The maximum atomic E-state index is 12.0. The highest BCUT2D eigenvalue weighted by molar-refractivity contribution is 5.93.